The molecule has 1 unspecified atom stereocenters. The van der Waals surface area contributed by atoms with Crippen LogP contribution >= 0.6 is 0 Å². The number of pyridine rings is 1. The van der Waals surface area contributed by atoms with Crippen LogP contribution in [0.3, 0.4) is 0 Å². The Labute approximate surface area is 396 Å². The lowest BCUT2D eigenvalue weighted by atomic mass is 10.0. The van der Waals surface area contributed by atoms with Crippen molar-refractivity contribution in [1.82, 2.24) is 25.8 Å². The highest BCUT2D eigenvalue weighted by Crippen LogP contribution is 2.37. The normalized spacial score (nSPS) is 15.4. The van der Waals surface area contributed by atoms with Crippen LogP contribution in [-0.2, 0) is 19.2 Å². The number of nitrogens with one attached hydrogen (secondary N) is 4. The lowest BCUT2D eigenvalue weighted by molar-refractivity contribution is -0.136. The van der Waals surface area contributed by atoms with E-state index in [-0.39, 0.29) is 29.7 Å². The molecule has 0 aliphatic carbocycles. The van der Waals surface area contributed by atoms with Gasteiger partial charge in [-0.15, -0.1) is 0 Å². The maximum Gasteiger partial charge on any atom is 0.294 e. The largest absolute Gasteiger partial charge is 0.459 e. The van der Waals surface area contributed by atoms with Gasteiger partial charge in [0.25, 0.3) is 17.7 Å². The molecule has 4 aromatic carbocycles. The van der Waals surface area contributed by atoms with Gasteiger partial charge in [0.15, 0.2) is 5.76 Å². The monoisotopic (exact) mass is 927 g/mol. The van der Waals surface area contributed by atoms with Crippen LogP contribution in [0.5, 0.6) is 0 Å². The number of imide groups is 2. The quantitative estimate of drug-likeness (QED) is 0.0454. The number of piperidine rings is 1. The van der Waals surface area contributed by atoms with Gasteiger partial charge < -0.3 is 24.8 Å². The first kappa shape index (κ1) is 45.7. The summed E-state index contributed by atoms with van der Waals surface area (Å²) >= 11 is 0. The lowest BCUT2D eigenvalue weighted by Crippen LogP contribution is -2.54. The minimum Gasteiger partial charge on any atom is -0.459 e. The highest BCUT2D eigenvalue weighted by Gasteiger charge is 2.45. The van der Waals surface area contributed by atoms with E-state index in [0.29, 0.717) is 53.2 Å². The molecule has 7 aromatic rings. The summed E-state index contributed by atoms with van der Waals surface area (Å²) in [5, 5.41) is 13.2. The van der Waals surface area contributed by atoms with Crippen LogP contribution < -0.4 is 26.2 Å². The minimum atomic E-state index is -1.30. The summed E-state index contributed by atoms with van der Waals surface area (Å²) in [6.45, 7) is 0.930. The van der Waals surface area contributed by atoms with E-state index in [1.807, 2.05) is 36.4 Å². The van der Waals surface area contributed by atoms with Crippen molar-refractivity contribution in [3.8, 4) is 0 Å². The molecule has 0 spiro atoms. The number of anilines is 2. The molecular formula is C53H49N7O9. The summed E-state index contributed by atoms with van der Waals surface area (Å²) in [7, 11) is 0. The Morgan fingerprint density at radius 3 is 2.26 bits per heavy atom. The van der Waals surface area contributed by atoms with Crippen molar-refractivity contribution in [2.75, 3.05) is 23.3 Å². The van der Waals surface area contributed by atoms with Crippen molar-refractivity contribution < 1.29 is 42.4 Å². The molecule has 16 heteroatoms. The van der Waals surface area contributed by atoms with Gasteiger partial charge in [-0.25, -0.2) is 0 Å². The smallest absolute Gasteiger partial charge is 0.294 e. The fraction of sp³-hybridized carbons (Fsp3) is 0.245. The van der Waals surface area contributed by atoms with Gasteiger partial charge in [-0.05, 0) is 73.4 Å². The van der Waals surface area contributed by atoms with Crippen LogP contribution in [0.4, 0.5) is 11.4 Å². The molecule has 7 amide bonds. The molecule has 16 nitrogen and oxygen atoms in total. The van der Waals surface area contributed by atoms with Crippen LogP contribution in [0.25, 0.3) is 21.9 Å². The lowest BCUT2D eigenvalue weighted by Gasteiger charge is -2.32. The van der Waals surface area contributed by atoms with E-state index in [9.17, 15) is 33.6 Å². The van der Waals surface area contributed by atoms with Crippen LogP contribution in [-0.4, -0.2) is 70.4 Å². The van der Waals surface area contributed by atoms with E-state index in [1.165, 1.54) is 23.4 Å². The number of carbonyl (C=O) groups is 7. The Balaban J connectivity index is 0.813. The predicted octanol–water partition coefficient (Wildman–Crippen LogP) is 7.79. The summed E-state index contributed by atoms with van der Waals surface area (Å²) in [5.74, 6) is -3.80. The van der Waals surface area contributed by atoms with Crippen molar-refractivity contribution in [3.05, 3.63) is 162 Å². The number of hydrogen-bond acceptors (Lipinski definition) is 11. The number of rotatable bonds is 19. The van der Waals surface area contributed by atoms with Gasteiger partial charge in [0.2, 0.25) is 23.6 Å². The molecular weight excluding hydrogens is 879 g/mol. The number of nitrogens with zero attached hydrogens (tertiary/aromatic N) is 3. The standard InChI is InChI=1S/C53H49N7O9/c61-44-26-25-40(48(62)57-44)60-51(65)38-19-12-20-39(45(38)53(60)67)55-28-10-3-1-2-4-11-29-56-49(63)46(33-15-6-5-7-16-33)58-50(64)47(34-17-13-27-54-32-34)59(52(66)42-22-14-30-68-42)35-23-24-37-36-18-8-9-21-41(36)69-43(37)31-35/h5-9,12-24,27,30-32,40,46-47,55H,1-4,10-11,25-26,28-29H2,(H,56,63)(H,58,64)(H,57,61,62)/t40?,46-,47+/m0/s1. The molecule has 5 heterocycles. The Hall–Kier alpha value is -8.40. The highest BCUT2D eigenvalue weighted by atomic mass is 16.3. The van der Waals surface area contributed by atoms with Crippen molar-refractivity contribution in [3.63, 3.8) is 0 Å². The van der Waals surface area contributed by atoms with E-state index in [4.69, 9.17) is 8.83 Å². The molecule has 350 valence electrons. The third-order valence-electron chi connectivity index (χ3n) is 12.5. The van der Waals surface area contributed by atoms with Gasteiger partial charge in [0.1, 0.15) is 29.3 Å². The van der Waals surface area contributed by atoms with Crippen molar-refractivity contribution in [2.45, 2.75) is 69.5 Å². The fourth-order valence-corrected chi connectivity index (χ4v) is 9.05. The van der Waals surface area contributed by atoms with Crippen molar-refractivity contribution in [2.24, 2.45) is 0 Å². The summed E-state index contributed by atoms with van der Waals surface area (Å²) in [4.78, 5) is 101. The van der Waals surface area contributed by atoms with Crippen LogP contribution in [0, 0.1) is 0 Å². The Morgan fingerprint density at radius 1 is 0.739 bits per heavy atom. The molecule has 3 atom stereocenters. The topological polar surface area (TPSA) is 213 Å². The number of fused-ring (bicyclic) bond motifs is 4. The molecule has 1 saturated heterocycles. The third-order valence-corrected chi connectivity index (χ3v) is 12.5. The van der Waals surface area contributed by atoms with E-state index in [0.717, 1.165) is 47.8 Å². The first-order chi connectivity index (χ1) is 33.7. The number of benzene rings is 4. The number of hydrogen-bond donors (Lipinski definition) is 4. The van der Waals surface area contributed by atoms with E-state index in [2.05, 4.69) is 26.3 Å². The molecule has 2 aliphatic heterocycles. The van der Waals surface area contributed by atoms with Crippen LogP contribution in [0.2, 0.25) is 0 Å². The van der Waals surface area contributed by atoms with Crippen molar-refractivity contribution in [1.29, 1.82) is 0 Å². The molecule has 2 aliphatic rings. The molecule has 0 radical (unpaired) electrons. The average Bonchev–Trinajstić information content (AvgIpc) is 4.10. The molecule has 1 fully saturated rings. The first-order valence-corrected chi connectivity index (χ1v) is 23.1. The zero-order valence-corrected chi connectivity index (χ0v) is 37.5. The van der Waals surface area contributed by atoms with Crippen molar-refractivity contribution >= 4 is 74.7 Å². The summed E-state index contributed by atoms with van der Waals surface area (Å²) in [5.41, 5.74) is 3.48. The maximum absolute atomic E-state index is 14.9. The molecule has 69 heavy (non-hydrogen) atoms. The zero-order chi connectivity index (χ0) is 47.9. The van der Waals surface area contributed by atoms with Gasteiger partial charge in [-0.3, -0.25) is 53.7 Å². The molecule has 0 bridgehead atoms. The number of amides is 7. The van der Waals surface area contributed by atoms with E-state index >= 15 is 0 Å². The van der Waals surface area contributed by atoms with Gasteiger partial charge in [0.05, 0.1) is 17.4 Å². The summed E-state index contributed by atoms with van der Waals surface area (Å²) in [6, 6.07) is 29.9. The number of aromatic nitrogens is 1. The van der Waals surface area contributed by atoms with Crippen LogP contribution in [0.1, 0.15) is 106 Å². The third kappa shape index (κ3) is 9.72. The molecule has 3 aromatic heterocycles. The fourth-order valence-electron chi connectivity index (χ4n) is 9.05. The van der Waals surface area contributed by atoms with Gasteiger partial charge in [0, 0.05) is 65.7 Å². The van der Waals surface area contributed by atoms with Gasteiger partial charge in [-0.1, -0.05) is 86.3 Å². The second kappa shape index (κ2) is 20.6. The highest BCUT2D eigenvalue weighted by molar-refractivity contribution is 6.25. The number of carbonyl (C=O) groups excluding carboxylic acids is 7. The summed E-state index contributed by atoms with van der Waals surface area (Å²) < 4.78 is 11.8. The summed E-state index contributed by atoms with van der Waals surface area (Å²) in [6.07, 6.45) is 9.70. The molecule has 9 rings (SSSR count). The zero-order valence-electron chi connectivity index (χ0n) is 37.5. The van der Waals surface area contributed by atoms with Gasteiger partial charge >= 0.3 is 0 Å². The molecule has 4 N–H and O–H groups in total. The Kier molecular flexibility index (Phi) is 13.7. The van der Waals surface area contributed by atoms with E-state index < -0.39 is 59.5 Å². The van der Waals surface area contributed by atoms with Crippen LogP contribution in [0.15, 0.2) is 143 Å². The second-order valence-electron chi connectivity index (χ2n) is 17.0. The average molecular weight is 928 g/mol. The first-order valence-electron chi connectivity index (χ1n) is 23.1. The molecule has 0 saturated carbocycles. The SMILES string of the molecule is O=C1CCC(N2C(=O)c3cccc(NCCCCCCCCNC(=O)[C@@H](NC(=O)[C@@H](c4cccnc4)N(C(=O)c4ccco4)c4ccc5c(c4)oc4ccccc45)c4ccccc4)c3C2=O)C(=O)N1. The van der Waals surface area contributed by atoms with E-state index in [1.54, 1.807) is 79.0 Å². The Morgan fingerprint density at radius 2 is 1.49 bits per heavy atom. The number of para-hydroxylation sites is 1. The maximum atomic E-state index is 14.9. The number of furan rings is 2. The van der Waals surface area contributed by atoms with Gasteiger partial charge in [-0.2, -0.15) is 0 Å². The number of unbranched alkanes of at least 4 members (excludes halogenated alkanes) is 5. The Bertz CT molecular complexity index is 3040. The second-order valence-corrected chi connectivity index (χ2v) is 17.0. The predicted molar refractivity (Wildman–Crippen MR) is 256 cm³/mol. The minimum absolute atomic E-state index is 0.00324.